The first kappa shape index (κ1) is 23.1. The van der Waals surface area contributed by atoms with Gasteiger partial charge in [0.05, 0.1) is 23.9 Å². The van der Waals surface area contributed by atoms with Crippen LogP contribution in [0.25, 0.3) is 0 Å². The number of rotatable bonds is 9. The molecule has 0 aliphatic heterocycles. The van der Waals surface area contributed by atoms with Gasteiger partial charge in [-0.2, -0.15) is 0 Å². The number of esters is 1. The van der Waals surface area contributed by atoms with E-state index in [2.05, 4.69) is 15.6 Å². The molecule has 0 bridgehead atoms. The van der Waals surface area contributed by atoms with E-state index in [1.165, 1.54) is 18.4 Å². The Labute approximate surface area is 189 Å². The van der Waals surface area contributed by atoms with Crippen LogP contribution >= 0.6 is 11.3 Å². The monoisotopic (exact) mass is 453 g/mol. The molecule has 0 aliphatic rings. The molecule has 2 amide bonds. The van der Waals surface area contributed by atoms with Crippen LogP contribution in [0.3, 0.4) is 0 Å². The Morgan fingerprint density at radius 1 is 1.06 bits per heavy atom. The zero-order valence-corrected chi connectivity index (χ0v) is 18.5. The number of methoxy groups -OCH3 is 1. The highest BCUT2D eigenvalue weighted by atomic mass is 32.1. The number of hydrogen-bond donors (Lipinski definition) is 2. The van der Waals surface area contributed by atoms with Gasteiger partial charge in [0.15, 0.2) is 12.3 Å². The highest BCUT2D eigenvalue weighted by molar-refractivity contribution is 7.09. The second kappa shape index (κ2) is 11.2. The molecule has 3 rings (SSSR count). The fraction of sp³-hybridized carbons (Fsp3) is 0.217. The van der Waals surface area contributed by atoms with E-state index in [1.807, 2.05) is 37.3 Å². The number of nitrogens with zero attached hydrogens (tertiary/aromatic N) is 1. The summed E-state index contributed by atoms with van der Waals surface area (Å²) in [5.41, 5.74) is 1.70. The van der Waals surface area contributed by atoms with E-state index in [1.54, 1.807) is 29.6 Å². The molecule has 0 radical (unpaired) electrons. The van der Waals surface area contributed by atoms with Gasteiger partial charge in [-0.1, -0.05) is 42.5 Å². The molecule has 32 heavy (non-hydrogen) atoms. The van der Waals surface area contributed by atoms with Crippen LogP contribution in [0.1, 0.15) is 44.4 Å². The fourth-order valence-corrected chi connectivity index (χ4v) is 3.61. The maximum Gasteiger partial charge on any atom is 0.358 e. The average Bonchev–Trinajstić information content (AvgIpc) is 3.27. The van der Waals surface area contributed by atoms with E-state index >= 15 is 0 Å². The molecule has 8 nitrogen and oxygen atoms in total. The van der Waals surface area contributed by atoms with Gasteiger partial charge in [0, 0.05) is 12.5 Å². The Kier molecular flexibility index (Phi) is 8.07. The van der Waals surface area contributed by atoms with Crippen molar-refractivity contribution in [1.29, 1.82) is 0 Å². The first-order chi connectivity index (χ1) is 15.5. The minimum atomic E-state index is -0.707. The summed E-state index contributed by atoms with van der Waals surface area (Å²) in [7, 11) is 1.53. The van der Waals surface area contributed by atoms with Gasteiger partial charge in [-0.05, 0) is 24.6 Å². The number of anilines is 1. The van der Waals surface area contributed by atoms with Gasteiger partial charge in [-0.25, -0.2) is 9.78 Å². The summed E-state index contributed by atoms with van der Waals surface area (Å²) in [4.78, 5) is 41.3. The summed E-state index contributed by atoms with van der Waals surface area (Å²) >= 11 is 1.27. The lowest BCUT2D eigenvalue weighted by Crippen LogP contribution is -2.28. The van der Waals surface area contributed by atoms with Crippen molar-refractivity contribution < 1.29 is 23.9 Å². The number of amides is 2. The van der Waals surface area contributed by atoms with Crippen LogP contribution in [0.15, 0.2) is 60.0 Å². The standard InChI is InChI=1S/C23H23N3O5S/c1-15(16-8-4-3-5-9-16)24-22(28)17-10-6-7-11-18(17)25-20(27)12-31-23(29)19-14-32-21(26-19)13-30-2/h3-11,14-15H,12-13H2,1-2H3,(H,24,28)(H,25,27). The Morgan fingerprint density at radius 3 is 2.53 bits per heavy atom. The molecule has 166 valence electrons. The predicted octanol–water partition coefficient (Wildman–Crippen LogP) is 3.58. The molecule has 0 spiro atoms. The van der Waals surface area contributed by atoms with Crippen LogP contribution < -0.4 is 10.6 Å². The molecule has 9 heteroatoms. The summed E-state index contributed by atoms with van der Waals surface area (Å²) in [5.74, 6) is -1.61. The molecule has 0 fully saturated rings. The summed E-state index contributed by atoms with van der Waals surface area (Å²) < 4.78 is 9.99. The van der Waals surface area contributed by atoms with Gasteiger partial charge in [-0.3, -0.25) is 9.59 Å². The van der Waals surface area contributed by atoms with Gasteiger partial charge in [0.1, 0.15) is 5.01 Å². The second-order valence-electron chi connectivity index (χ2n) is 6.84. The predicted molar refractivity (Wildman–Crippen MR) is 121 cm³/mol. The third-order valence-corrected chi connectivity index (χ3v) is 5.28. The minimum Gasteiger partial charge on any atom is -0.451 e. The van der Waals surface area contributed by atoms with Crippen LogP contribution in [0, 0.1) is 0 Å². The normalized spacial score (nSPS) is 11.4. The van der Waals surface area contributed by atoms with Crippen molar-refractivity contribution in [3.63, 3.8) is 0 Å². The maximum atomic E-state index is 12.8. The number of hydrogen-bond acceptors (Lipinski definition) is 7. The molecule has 1 atom stereocenters. The quantitative estimate of drug-likeness (QED) is 0.480. The van der Waals surface area contributed by atoms with Gasteiger partial charge in [0.25, 0.3) is 11.8 Å². The molecule has 1 heterocycles. The number of carbonyl (C=O) groups is 3. The molecule has 2 N–H and O–H groups in total. The summed E-state index contributed by atoms with van der Waals surface area (Å²) in [6, 6.07) is 16.0. The van der Waals surface area contributed by atoms with Crippen molar-refractivity contribution >= 4 is 34.8 Å². The lowest BCUT2D eigenvalue weighted by atomic mass is 10.1. The zero-order chi connectivity index (χ0) is 22.9. The number of carbonyl (C=O) groups excluding carboxylic acids is 3. The SMILES string of the molecule is COCc1nc(C(=O)OCC(=O)Nc2ccccc2C(=O)NC(C)c2ccccc2)cs1. The van der Waals surface area contributed by atoms with E-state index in [4.69, 9.17) is 9.47 Å². The smallest absolute Gasteiger partial charge is 0.358 e. The number of aromatic nitrogens is 1. The summed E-state index contributed by atoms with van der Waals surface area (Å²) in [6.45, 7) is 1.66. The molecule has 0 saturated carbocycles. The molecule has 0 saturated heterocycles. The Balaban J connectivity index is 1.58. The Hall–Kier alpha value is -3.56. The van der Waals surface area contributed by atoms with E-state index in [9.17, 15) is 14.4 Å². The lowest BCUT2D eigenvalue weighted by molar-refractivity contribution is -0.119. The van der Waals surface area contributed by atoms with Crippen LogP contribution in [0.5, 0.6) is 0 Å². The summed E-state index contributed by atoms with van der Waals surface area (Å²) in [5, 5.41) is 7.72. The molecule has 3 aromatic rings. The second-order valence-corrected chi connectivity index (χ2v) is 7.78. The van der Waals surface area contributed by atoms with Crippen molar-refractivity contribution in [2.75, 3.05) is 19.0 Å². The molecule has 2 aromatic carbocycles. The molecule has 0 aliphatic carbocycles. The van der Waals surface area contributed by atoms with Gasteiger partial charge >= 0.3 is 5.97 Å². The highest BCUT2D eigenvalue weighted by Crippen LogP contribution is 2.18. The van der Waals surface area contributed by atoms with Crippen molar-refractivity contribution in [2.24, 2.45) is 0 Å². The van der Waals surface area contributed by atoms with Crippen LogP contribution in [-0.2, 0) is 20.9 Å². The topological polar surface area (TPSA) is 107 Å². The molecule has 1 aromatic heterocycles. The maximum absolute atomic E-state index is 12.8. The van der Waals surface area contributed by atoms with E-state index in [-0.39, 0.29) is 17.6 Å². The molecular weight excluding hydrogens is 430 g/mol. The van der Waals surface area contributed by atoms with E-state index in [0.29, 0.717) is 22.9 Å². The van der Waals surface area contributed by atoms with Crippen molar-refractivity contribution in [3.8, 4) is 0 Å². The van der Waals surface area contributed by atoms with Gasteiger partial charge in [-0.15, -0.1) is 11.3 Å². The van der Waals surface area contributed by atoms with E-state index in [0.717, 1.165) is 5.56 Å². The van der Waals surface area contributed by atoms with E-state index < -0.39 is 18.5 Å². The number of benzene rings is 2. The van der Waals surface area contributed by atoms with Gasteiger partial charge < -0.3 is 20.1 Å². The summed E-state index contributed by atoms with van der Waals surface area (Å²) in [6.07, 6.45) is 0. The van der Waals surface area contributed by atoms with Crippen molar-refractivity contribution in [1.82, 2.24) is 10.3 Å². The third kappa shape index (κ3) is 6.22. The first-order valence-corrected chi connectivity index (χ1v) is 10.7. The number of thiazole rings is 1. The van der Waals surface area contributed by atoms with Crippen molar-refractivity contribution in [3.05, 3.63) is 81.8 Å². The largest absolute Gasteiger partial charge is 0.451 e. The number of para-hydroxylation sites is 1. The fourth-order valence-electron chi connectivity index (χ4n) is 2.88. The molecular formula is C23H23N3O5S. The lowest BCUT2D eigenvalue weighted by Gasteiger charge is -2.16. The molecule has 1 unspecified atom stereocenters. The number of ether oxygens (including phenoxy) is 2. The van der Waals surface area contributed by atoms with Crippen LogP contribution in [-0.4, -0.2) is 36.5 Å². The van der Waals surface area contributed by atoms with Crippen LogP contribution in [0.2, 0.25) is 0 Å². The van der Waals surface area contributed by atoms with Crippen LogP contribution in [0.4, 0.5) is 5.69 Å². The Morgan fingerprint density at radius 2 is 1.78 bits per heavy atom. The zero-order valence-electron chi connectivity index (χ0n) is 17.7. The average molecular weight is 454 g/mol. The minimum absolute atomic E-state index is 0.115. The highest BCUT2D eigenvalue weighted by Gasteiger charge is 2.18. The Bertz CT molecular complexity index is 1080. The van der Waals surface area contributed by atoms with Gasteiger partial charge in [0.2, 0.25) is 0 Å². The number of nitrogens with one attached hydrogen (secondary N) is 2. The first-order valence-electron chi connectivity index (χ1n) is 9.83. The third-order valence-electron chi connectivity index (χ3n) is 4.46. The van der Waals surface area contributed by atoms with Crippen molar-refractivity contribution in [2.45, 2.75) is 19.6 Å².